The van der Waals surface area contributed by atoms with Crippen LogP contribution in [0.2, 0.25) is 0 Å². The van der Waals surface area contributed by atoms with Crippen LogP contribution in [0.1, 0.15) is 36.0 Å². The molecule has 27 heavy (non-hydrogen) atoms. The lowest BCUT2D eigenvalue weighted by Crippen LogP contribution is -2.36. The minimum atomic E-state index is -3.52. The largest absolute Gasteiger partial charge is 0.312 e. The number of amides is 1. The third-order valence-corrected chi connectivity index (χ3v) is 7.19. The first kappa shape index (κ1) is 18.2. The zero-order chi connectivity index (χ0) is 19.0. The van der Waals surface area contributed by atoms with E-state index in [2.05, 4.69) is 0 Å². The Bertz CT molecular complexity index is 1000. The first-order valence-electron chi connectivity index (χ1n) is 9.37. The summed E-state index contributed by atoms with van der Waals surface area (Å²) in [5, 5.41) is 0. The molecule has 0 saturated carbocycles. The second kappa shape index (κ2) is 7.08. The molecular formula is C21H22FNO3S. The molecule has 1 aliphatic carbocycles. The normalized spacial score (nSPS) is 16.1. The van der Waals surface area contributed by atoms with Crippen molar-refractivity contribution in [2.45, 2.75) is 43.4 Å². The Hall–Kier alpha value is -2.21. The van der Waals surface area contributed by atoms with E-state index in [0.29, 0.717) is 17.1 Å². The molecule has 0 fully saturated rings. The Morgan fingerprint density at radius 2 is 1.70 bits per heavy atom. The van der Waals surface area contributed by atoms with Gasteiger partial charge < -0.3 is 4.90 Å². The molecular weight excluding hydrogens is 365 g/mol. The summed E-state index contributed by atoms with van der Waals surface area (Å²) in [5.74, 6) is -0.892. The van der Waals surface area contributed by atoms with Gasteiger partial charge in [0, 0.05) is 18.7 Å². The van der Waals surface area contributed by atoms with Crippen molar-refractivity contribution in [2.75, 3.05) is 17.2 Å². The van der Waals surface area contributed by atoms with Gasteiger partial charge in [-0.1, -0.05) is 12.1 Å². The summed E-state index contributed by atoms with van der Waals surface area (Å²) in [6.07, 6.45) is 4.46. The molecule has 4 rings (SSSR count). The van der Waals surface area contributed by atoms with Crippen molar-refractivity contribution in [3.8, 4) is 0 Å². The van der Waals surface area contributed by atoms with Gasteiger partial charge in [0.1, 0.15) is 5.82 Å². The van der Waals surface area contributed by atoms with E-state index >= 15 is 0 Å². The van der Waals surface area contributed by atoms with Crippen molar-refractivity contribution >= 4 is 21.4 Å². The molecule has 1 heterocycles. The molecule has 0 aromatic heterocycles. The van der Waals surface area contributed by atoms with E-state index in [0.717, 1.165) is 43.2 Å². The summed E-state index contributed by atoms with van der Waals surface area (Å²) < 4.78 is 39.0. The molecule has 0 unspecified atom stereocenters. The van der Waals surface area contributed by atoms with Crippen LogP contribution in [0.15, 0.2) is 41.3 Å². The van der Waals surface area contributed by atoms with E-state index in [-0.39, 0.29) is 23.9 Å². The average molecular weight is 387 g/mol. The summed E-state index contributed by atoms with van der Waals surface area (Å²) in [6, 6.07) is 9.75. The fourth-order valence-corrected chi connectivity index (χ4v) is 5.30. The number of carbonyl (C=O) groups excluding carboxylic acids is 1. The number of halogens is 1. The Morgan fingerprint density at radius 3 is 2.56 bits per heavy atom. The molecule has 2 aromatic carbocycles. The van der Waals surface area contributed by atoms with Crippen molar-refractivity contribution in [3.63, 3.8) is 0 Å². The highest BCUT2D eigenvalue weighted by atomic mass is 32.2. The number of fused-ring (bicyclic) bond motifs is 2. The number of hydrogen-bond donors (Lipinski definition) is 0. The number of nitrogens with zero attached hydrogens (tertiary/aromatic N) is 1. The van der Waals surface area contributed by atoms with Gasteiger partial charge in [-0.2, -0.15) is 0 Å². The highest BCUT2D eigenvalue weighted by molar-refractivity contribution is 7.91. The lowest BCUT2D eigenvalue weighted by atomic mass is 10.0. The zero-order valence-corrected chi connectivity index (χ0v) is 15.9. The third-order valence-electron chi connectivity index (χ3n) is 5.48. The standard InChI is InChI=1S/C21H22FNO3S/c22-18-8-6-16-5-2-11-23(20(16)14-18)21(24)10-12-27(25,26)19-9-7-15-3-1-4-17(15)13-19/h6-9,13-14H,1-5,10-12H2. The molecule has 142 valence electrons. The van der Waals surface area contributed by atoms with Crippen LogP contribution < -0.4 is 4.90 Å². The van der Waals surface area contributed by atoms with Crippen LogP contribution in [0.25, 0.3) is 0 Å². The maximum atomic E-state index is 13.6. The molecule has 0 radical (unpaired) electrons. The van der Waals surface area contributed by atoms with Gasteiger partial charge in [-0.3, -0.25) is 4.79 Å². The number of rotatable bonds is 4. The first-order chi connectivity index (χ1) is 12.9. The summed E-state index contributed by atoms with van der Waals surface area (Å²) in [6.45, 7) is 0.494. The van der Waals surface area contributed by atoms with Gasteiger partial charge in [0.2, 0.25) is 5.91 Å². The summed E-state index contributed by atoms with van der Waals surface area (Å²) in [5.41, 5.74) is 3.82. The topological polar surface area (TPSA) is 54.5 Å². The first-order valence-corrected chi connectivity index (χ1v) is 11.0. The predicted octanol–water partition coefficient (Wildman–Crippen LogP) is 3.46. The van der Waals surface area contributed by atoms with Crippen molar-refractivity contribution in [1.29, 1.82) is 0 Å². The van der Waals surface area contributed by atoms with Crippen LogP contribution in [0.5, 0.6) is 0 Å². The number of sulfone groups is 1. The van der Waals surface area contributed by atoms with Gasteiger partial charge in [0.25, 0.3) is 0 Å². The number of aryl methyl sites for hydroxylation is 3. The number of carbonyl (C=O) groups is 1. The van der Waals surface area contributed by atoms with E-state index in [1.807, 2.05) is 6.07 Å². The van der Waals surface area contributed by atoms with E-state index in [9.17, 15) is 17.6 Å². The Kier molecular flexibility index (Phi) is 4.76. The van der Waals surface area contributed by atoms with Crippen molar-refractivity contribution in [2.24, 2.45) is 0 Å². The van der Waals surface area contributed by atoms with Crippen LogP contribution >= 0.6 is 0 Å². The van der Waals surface area contributed by atoms with Gasteiger partial charge in [-0.25, -0.2) is 12.8 Å². The maximum Gasteiger partial charge on any atom is 0.228 e. The molecule has 1 aliphatic heterocycles. The molecule has 0 saturated heterocycles. The van der Waals surface area contributed by atoms with Crippen LogP contribution in [0.3, 0.4) is 0 Å². The lowest BCUT2D eigenvalue weighted by Gasteiger charge is -2.29. The van der Waals surface area contributed by atoms with E-state index in [1.54, 1.807) is 18.2 Å². The Morgan fingerprint density at radius 1 is 0.963 bits per heavy atom. The SMILES string of the molecule is O=C(CCS(=O)(=O)c1ccc2c(c1)CCC2)N1CCCc2ccc(F)cc21. The molecule has 2 aromatic rings. The number of benzene rings is 2. The van der Waals surface area contributed by atoms with Gasteiger partial charge in [-0.15, -0.1) is 0 Å². The maximum absolute atomic E-state index is 13.6. The number of anilines is 1. The summed E-state index contributed by atoms with van der Waals surface area (Å²) in [4.78, 5) is 14.5. The Balaban J connectivity index is 1.49. The van der Waals surface area contributed by atoms with Gasteiger partial charge in [-0.05, 0) is 73.1 Å². The molecule has 4 nitrogen and oxygen atoms in total. The third kappa shape index (κ3) is 3.63. The van der Waals surface area contributed by atoms with E-state index in [4.69, 9.17) is 0 Å². The monoisotopic (exact) mass is 387 g/mol. The predicted molar refractivity (Wildman–Crippen MR) is 102 cm³/mol. The molecule has 0 atom stereocenters. The van der Waals surface area contributed by atoms with Crippen molar-refractivity contribution in [1.82, 2.24) is 0 Å². The van der Waals surface area contributed by atoms with Gasteiger partial charge in [0.05, 0.1) is 10.6 Å². The number of hydrogen-bond acceptors (Lipinski definition) is 3. The van der Waals surface area contributed by atoms with Crippen LogP contribution in [0.4, 0.5) is 10.1 Å². The second-order valence-electron chi connectivity index (χ2n) is 7.27. The van der Waals surface area contributed by atoms with E-state index < -0.39 is 9.84 Å². The lowest BCUT2D eigenvalue weighted by molar-refractivity contribution is -0.118. The fraction of sp³-hybridized carbons (Fsp3) is 0.381. The summed E-state index contributed by atoms with van der Waals surface area (Å²) in [7, 11) is -3.52. The Labute approximate surface area is 158 Å². The van der Waals surface area contributed by atoms with Crippen LogP contribution in [0, 0.1) is 5.82 Å². The van der Waals surface area contributed by atoms with E-state index in [1.165, 1.54) is 22.6 Å². The van der Waals surface area contributed by atoms with Crippen molar-refractivity contribution < 1.29 is 17.6 Å². The van der Waals surface area contributed by atoms with Crippen LogP contribution in [-0.4, -0.2) is 26.6 Å². The van der Waals surface area contributed by atoms with Crippen LogP contribution in [-0.2, 0) is 33.9 Å². The summed E-state index contributed by atoms with van der Waals surface area (Å²) >= 11 is 0. The smallest absolute Gasteiger partial charge is 0.228 e. The van der Waals surface area contributed by atoms with Gasteiger partial charge >= 0.3 is 0 Å². The highest BCUT2D eigenvalue weighted by Gasteiger charge is 2.25. The minimum absolute atomic E-state index is 0.102. The molecule has 0 bridgehead atoms. The molecule has 6 heteroatoms. The minimum Gasteiger partial charge on any atom is -0.312 e. The zero-order valence-electron chi connectivity index (χ0n) is 15.1. The highest BCUT2D eigenvalue weighted by Crippen LogP contribution is 2.29. The molecule has 2 aliphatic rings. The quantitative estimate of drug-likeness (QED) is 0.807. The van der Waals surface area contributed by atoms with Crippen molar-refractivity contribution in [3.05, 3.63) is 58.9 Å². The molecule has 0 spiro atoms. The average Bonchev–Trinajstić information content (AvgIpc) is 3.13. The second-order valence-corrected chi connectivity index (χ2v) is 9.38. The molecule has 0 N–H and O–H groups in total. The fourth-order valence-electron chi connectivity index (χ4n) is 4.02. The van der Waals surface area contributed by atoms with Gasteiger partial charge in [0.15, 0.2) is 9.84 Å². The molecule has 1 amide bonds.